The average molecular weight is 347 g/mol. The largest absolute Gasteiger partial charge is 0.342 e. The standard InChI is InChI=1S/C19H29N3O3/c23-16(21(12-14-5-6-14)13-15-7-8-15)4-3-11-22-17(24)19(20-18(22)25)9-1-2-10-19/h14-15H,1-13H2,(H,20,25). The van der Waals surface area contributed by atoms with E-state index in [1.165, 1.54) is 30.6 Å². The molecule has 0 atom stereocenters. The summed E-state index contributed by atoms with van der Waals surface area (Å²) < 4.78 is 0. The van der Waals surface area contributed by atoms with Crippen LogP contribution in [0.25, 0.3) is 0 Å². The molecule has 3 saturated carbocycles. The molecule has 0 aromatic carbocycles. The maximum absolute atomic E-state index is 12.6. The van der Waals surface area contributed by atoms with Crippen molar-refractivity contribution in [1.29, 1.82) is 0 Å². The fraction of sp³-hybridized carbons (Fsp3) is 0.842. The molecule has 0 bridgehead atoms. The maximum atomic E-state index is 12.6. The quantitative estimate of drug-likeness (QED) is 0.685. The van der Waals surface area contributed by atoms with Crippen molar-refractivity contribution in [2.45, 2.75) is 69.7 Å². The van der Waals surface area contributed by atoms with E-state index < -0.39 is 5.54 Å². The van der Waals surface area contributed by atoms with Gasteiger partial charge in [0.05, 0.1) is 0 Å². The Morgan fingerprint density at radius 1 is 1.08 bits per heavy atom. The Morgan fingerprint density at radius 3 is 2.24 bits per heavy atom. The SMILES string of the molecule is O=C(CCCN1C(=O)NC2(CCCC2)C1=O)N(CC1CC1)CC1CC1. The van der Waals surface area contributed by atoms with Gasteiger partial charge in [-0.3, -0.25) is 14.5 Å². The number of imide groups is 1. The predicted molar refractivity (Wildman–Crippen MR) is 92.7 cm³/mol. The first-order valence-electron chi connectivity index (χ1n) is 9.99. The van der Waals surface area contributed by atoms with Gasteiger partial charge in [-0.2, -0.15) is 0 Å². The molecule has 1 saturated heterocycles. The van der Waals surface area contributed by atoms with Gasteiger partial charge < -0.3 is 10.2 Å². The highest BCUT2D eigenvalue weighted by molar-refractivity contribution is 6.07. The molecular weight excluding hydrogens is 318 g/mol. The second-order valence-electron chi connectivity index (χ2n) is 8.47. The molecule has 1 N–H and O–H groups in total. The van der Waals surface area contributed by atoms with E-state index in [1.807, 2.05) is 4.90 Å². The Balaban J connectivity index is 1.26. The zero-order chi connectivity index (χ0) is 17.4. The Bertz CT molecular complexity index is 548. The lowest BCUT2D eigenvalue weighted by Gasteiger charge is -2.23. The van der Waals surface area contributed by atoms with Crippen molar-refractivity contribution in [2.24, 2.45) is 11.8 Å². The zero-order valence-corrected chi connectivity index (χ0v) is 15.0. The molecule has 6 nitrogen and oxygen atoms in total. The van der Waals surface area contributed by atoms with E-state index in [1.54, 1.807) is 0 Å². The van der Waals surface area contributed by atoms with Crippen molar-refractivity contribution >= 4 is 17.8 Å². The van der Waals surface area contributed by atoms with Crippen molar-refractivity contribution in [3.8, 4) is 0 Å². The summed E-state index contributed by atoms with van der Waals surface area (Å²) in [6.45, 7) is 2.17. The van der Waals surface area contributed by atoms with Crippen LogP contribution in [-0.4, -0.2) is 52.8 Å². The molecule has 25 heavy (non-hydrogen) atoms. The van der Waals surface area contributed by atoms with Crippen LogP contribution in [0.2, 0.25) is 0 Å². The molecular formula is C19H29N3O3. The molecule has 1 heterocycles. The molecule has 6 heteroatoms. The predicted octanol–water partition coefficient (Wildman–Crippen LogP) is 2.28. The molecule has 1 aliphatic heterocycles. The lowest BCUT2D eigenvalue weighted by Crippen LogP contribution is -2.44. The highest BCUT2D eigenvalue weighted by Crippen LogP contribution is 2.36. The van der Waals surface area contributed by atoms with Crippen LogP contribution in [0.5, 0.6) is 0 Å². The number of urea groups is 1. The summed E-state index contributed by atoms with van der Waals surface area (Å²) in [6, 6.07) is -0.271. The summed E-state index contributed by atoms with van der Waals surface area (Å²) in [7, 11) is 0. The van der Waals surface area contributed by atoms with E-state index in [0.717, 1.165) is 38.8 Å². The van der Waals surface area contributed by atoms with Gasteiger partial charge in [-0.05, 0) is 56.8 Å². The first-order chi connectivity index (χ1) is 12.1. The molecule has 0 aromatic heterocycles. The number of nitrogens with zero attached hydrogens (tertiary/aromatic N) is 2. The van der Waals surface area contributed by atoms with Gasteiger partial charge in [0.15, 0.2) is 0 Å². The van der Waals surface area contributed by atoms with Crippen LogP contribution >= 0.6 is 0 Å². The van der Waals surface area contributed by atoms with Gasteiger partial charge in [-0.25, -0.2) is 4.79 Å². The topological polar surface area (TPSA) is 69.7 Å². The normalized spacial score (nSPS) is 24.9. The minimum Gasteiger partial charge on any atom is -0.342 e. The van der Waals surface area contributed by atoms with Crippen LogP contribution in [-0.2, 0) is 9.59 Å². The molecule has 4 fully saturated rings. The van der Waals surface area contributed by atoms with E-state index in [0.29, 0.717) is 31.2 Å². The lowest BCUT2D eigenvalue weighted by molar-refractivity contribution is -0.133. The Kier molecular flexibility index (Phi) is 4.46. The molecule has 3 aliphatic carbocycles. The molecule has 0 unspecified atom stereocenters. The van der Waals surface area contributed by atoms with Crippen molar-refractivity contribution in [2.75, 3.05) is 19.6 Å². The fourth-order valence-electron chi connectivity index (χ4n) is 4.25. The zero-order valence-electron chi connectivity index (χ0n) is 15.0. The van der Waals surface area contributed by atoms with E-state index in [9.17, 15) is 14.4 Å². The Labute approximate surface area is 149 Å². The van der Waals surface area contributed by atoms with Gasteiger partial charge in [-0.1, -0.05) is 12.8 Å². The Morgan fingerprint density at radius 2 is 1.68 bits per heavy atom. The molecule has 1 spiro atoms. The first-order valence-corrected chi connectivity index (χ1v) is 9.99. The number of amides is 4. The summed E-state index contributed by atoms with van der Waals surface area (Å²) >= 11 is 0. The molecule has 0 radical (unpaired) electrons. The van der Waals surface area contributed by atoms with Crippen LogP contribution in [0.15, 0.2) is 0 Å². The third kappa shape index (κ3) is 3.67. The molecule has 4 amide bonds. The number of hydrogen-bond acceptors (Lipinski definition) is 3. The van der Waals surface area contributed by atoms with Crippen molar-refractivity contribution in [3.05, 3.63) is 0 Å². The summed E-state index contributed by atoms with van der Waals surface area (Å²) in [5.41, 5.74) is -0.634. The van der Waals surface area contributed by atoms with Gasteiger partial charge >= 0.3 is 6.03 Å². The van der Waals surface area contributed by atoms with Gasteiger partial charge in [-0.15, -0.1) is 0 Å². The number of nitrogens with one attached hydrogen (secondary N) is 1. The van der Waals surface area contributed by atoms with Crippen molar-refractivity contribution in [3.63, 3.8) is 0 Å². The van der Waals surface area contributed by atoms with E-state index in [2.05, 4.69) is 5.32 Å². The highest BCUT2D eigenvalue weighted by Gasteiger charge is 2.52. The Hall–Kier alpha value is -1.59. The summed E-state index contributed by atoms with van der Waals surface area (Å²) in [5.74, 6) is 1.53. The van der Waals surface area contributed by atoms with Crippen LogP contribution in [0.3, 0.4) is 0 Å². The third-order valence-electron chi connectivity index (χ3n) is 6.18. The highest BCUT2D eigenvalue weighted by atomic mass is 16.2. The summed E-state index contributed by atoms with van der Waals surface area (Å²) in [6.07, 6.45) is 9.50. The molecule has 138 valence electrons. The first kappa shape index (κ1) is 16.9. The number of rotatable bonds is 8. The number of carbonyl (C=O) groups excluding carboxylic acids is 3. The smallest absolute Gasteiger partial charge is 0.325 e. The maximum Gasteiger partial charge on any atom is 0.325 e. The molecule has 0 aromatic rings. The summed E-state index contributed by atoms with van der Waals surface area (Å²) in [5, 5.41) is 2.90. The number of hydrogen-bond donors (Lipinski definition) is 1. The molecule has 4 aliphatic rings. The van der Waals surface area contributed by atoms with Crippen LogP contribution < -0.4 is 5.32 Å². The van der Waals surface area contributed by atoms with E-state index in [-0.39, 0.29) is 17.8 Å². The van der Waals surface area contributed by atoms with Gasteiger partial charge in [0.25, 0.3) is 5.91 Å². The minimum atomic E-state index is -0.634. The lowest BCUT2D eigenvalue weighted by atomic mass is 9.98. The van der Waals surface area contributed by atoms with E-state index >= 15 is 0 Å². The van der Waals surface area contributed by atoms with Crippen LogP contribution in [0, 0.1) is 11.8 Å². The van der Waals surface area contributed by atoms with Gasteiger partial charge in [0.2, 0.25) is 5.91 Å². The molecule has 4 rings (SSSR count). The second kappa shape index (κ2) is 6.61. The second-order valence-corrected chi connectivity index (χ2v) is 8.47. The van der Waals surface area contributed by atoms with E-state index in [4.69, 9.17) is 0 Å². The fourth-order valence-corrected chi connectivity index (χ4v) is 4.25. The minimum absolute atomic E-state index is 0.0738. The van der Waals surface area contributed by atoms with Crippen LogP contribution in [0.4, 0.5) is 4.79 Å². The monoisotopic (exact) mass is 347 g/mol. The third-order valence-corrected chi connectivity index (χ3v) is 6.18. The average Bonchev–Trinajstić information content (AvgIpc) is 3.51. The van der Waals surface area contributed by atoms with Crippen molar-refractivity contribution < 1.29 is 14.4 Å². The number of carbonyl (C=O) groups is 3. The van der Waals surface area contributed by atoms with Crippen molar-refractivity contribution in [1.82, 2.24) is 15.1 Å². The summed E-state index contributed by atoms with van der Waals surface area (Å²) in [4.78, 5) is 40.7. The van der Waals surface area contributed by atoms with Gasteiger partial charge in [0, 0.05) is 26.1 Å². The van der Waals surface area contributed by atoms with Gasteiger partial charge in [0.1, 0.15) is 5.54 Å². The van der Waals surface area contributed by atoms with Crippen LogP contribution in [0.1, 0.15) is 64.2 Å².